The number of hydrogen-bond donors (Lipinski definition) is 1. The summed E-state index contributed by atoms with van der Waals surface area (Å²) in [5, 5.41) is 3.31. The van der Waals surface area contributed by atoms with Crippen LogP contribution >= 0.6 is 0 Å². The molecule has 4 rings (SSSR count). The molecule has 1 fully saturated rings. The first-order valence-corrected chi connectivity index (χ1v) is 10.4. The number of carbonyl (C=O) groups is 1. The van der Waals surface area contributed by atoms with Gasteiger partial charge in [0.15, 0.2) is 5.78 Å². The van der Waals surface area contributed by atoms with Crippen molar-refractivity contribution in [2.45, 2.75) is 32.6 Å². The van der Waals surface area contributed by atoms with Crippen molar-refractivity contribution in [2.75, 3.05) is 49.5 Å². The lowest BCUT2D eigenvalue weighted by Crippen LogP contribution is -2.47. The predicted octanol–water partition coefficient (Wildman–Crippen LogP) is 2.96. The number of benzene rings is 1. The highest BCUT2D eigenvalue weighted by molar-refractivity contribution is 6.03. The molecule has 0 bridgehead atoms. The van der Waals surface area contributed by atoms with E-state index >= 15 is 0 Å². The number of anilines is 2. The molecular weight excluding hydrogens is 350 g/mol. The Labute approximate surface area is 167 Å². The maximum atomic E-state index is 13.0. The Morgan fingerprint density at radius 3 is 2.46 bits per heavy atom. The number of hydrogen-bond acceptors (Lipinski definition) is 6. The highest BCUT2D eigenvalue weighted by atomic mass is 16.1. The van der Waals surface area contributed by atoms with Crippen molar-refractivity contribution >= 4 is 17.5 Å². The van der Waals surface area contributed by atoms with Gasteiger partial charge >= 0.3 is 0 Å². The second kappa shape index (κ2) is 8.27. The number of aromatic nitrogens is 2. The van der Waals surface area contributed by atoms with Crippen molar-refractivity contribution in [3.05, 3.63) is 47.2 Å². The van der Waals surface area contributed by atoms with Gasteiger partial charge in [-0.25, -0.2) is 4.98 Å². The average Bonchev–Trinajstić information content (AvgIpc) is 2.74. The predicted molar refractivity (Wildman–Crippen MR) is 112 cm³/mol. The fourth-order valence-electron chi connectivity index (χ4n) is 4.23. The Kier molecular flexibility index (Phi) is 5.57. The van der Waals surface area contributed by atoms with Crippen LogP contribution in [-0.2, 0) is 6.42 Å². The van der Waals surface area contributed by atoms with Crippen LogP contribution in [0.1, 0.15) is 47.8 Å². The number of Topliss-reactive ketones (excluding diaryl/α,β-unsaturated/α-hetero) is 1. The fraction of sp³-hybridized carbons (Fsp3) is 0.500. The van der Waals surface area contributed by atoms with Crippen LogP contribution in [0.5, 0.6) is 0 Å². The van der Waals surface area contributed by atoms with Gasteiger partial charge in [0.25, 0.3) is 0 Å². The maximum Gasteiger partial charge on any atom is 0.227 e. The van der Waals surface area contributed by atoms with Crippen LogP contribution in [0.25, 0.3) is 0 Å². The second-order valence-electron chi connectivity index (χ2n) is 7.58. The van der Waals surface area contributed by atoms with Gasteiger partial charge in [-0.2, -0.15) is 4.98 Å². The molecule has 1 N–H and O–H groups in total. The van der Waals surface area contributed by atoms with E-state index in [4.69, 9.17) is 9.97 Å². The molecule has 6 nitrogen and oxygen atoms in total. The summed E-state index contributed by atoms with van der Waals surface area (Å²) in [5.74, 6) is 1.80. The van der Waals surface area contributed by atoms with Crippen LogP contribution < -0.4 is 10.2 Å². The number of carbonyl (C=O) groups excluding carboxylic acids is 1. The van der Waals surface area contributed by atoms with E-state index < -0.39 is 0 Å². The van der Waals surface area contributed by atoms with E-state index in [-0.39, 0.29) is 11.7 Å². The standard InChI is InChI=1S/C22H29N5O/c1-3-23-21-20-18(14-17(15-19(20)28)16-8-6-5-7-9-16)24-22(25-21)27-12-10-26(4-2)11-13-27/h5-9,17H,3-4,10-15H2,1-2H3,(H,23,24,25). The van der Waals surface area contributed by atoms with Gasteiger partial charge in [0, 0.05) is 39.1 Å². The van der Waals surface area contributed by atoms with Gasteiger partial charge in [-0.1, -0.05) is 37.3 Å². The Hall–Kier alpha value is -2.47. The van der Waals surface area contributed by atoms with E-state index in [1.165, 1.54) is 5.56 Å². The summed E-state index contributed by atoms with van der Waals surface area (Å²) in [6.07, 6.45) is 1.31. The molecule has 1 aromatic heterocycles. The quantitative estimate of drug-likeness (QED) is 0.862. The molecule has 148 valence electrons. The molecule has 1 aromatic carbocycles. The molecule has 0 amide bonds. The van der Waals surface area contributed by atoms with Crippen LogP contribution in [0.15, 0.2) is 30.3 Å². The van der Waals surface area contributed by atoms with Crippen molar-refractivity contribution in [1.82, 2.24) is 14.9 Å². The van der Waals surface area contributed by atoms with Crippen LogP contribution in [0.3, 0.4) is 0 Å². The molecule has 0 radical (unpaired) electrons. The molecule has 0 saturated carbocycles. The Bertz CT molecular complexity index is 830. The Morgan fingerprint density at radius 1 is 1.04 bits per heavy atom. The number of nitrogens with one attached hydrogen (secondary N) is 1. The zero-order valence-electron chi connectivity index (χ0n) is 16.8. The molecular formula is C22H29N5O. The van der Waals surface area contributed by atoms with Crippen LogP contribution in [0.2, 0.25) is 0 Å². The van der Waals surface area contributed by atoms with Crippen molar-refractivity contribution in [3.63, 3.8) is 0 Å². The number of fused-ring (bicyclic) bond motifs is 1. The summed E-state index contributed by atoms with van der Waals surface area (Å²) in [7, 11) is 0. The van der Waals surface area contributed by atoms with Gasteiger partial charge in [-0.05, 0) is 31.4 Å². The van der Waals surface area contributed by atoms with Gasteiger partial charge in [-0.3, -0.25) is 4.79 Å². The first kappa shape index (κ1) is 18.9. The number of nitrogens with zero attached hydrogens (tertiary/aromatic N) is 4. The Morgan fingerprint density at radius 2 is 1.79 bits per heavy atom. The molecule has 6 heteroatoms. The summed E-state index contributed by atoms with van der Waals surface area (Å²) in [6.45, 7) is 9.95. The molecule has 28 heavy (non-hydrogen) atoms. The zero-order chi connectivity index (χ0) is 19.5. The van der Waals surface area contributed by atoms with E-state index in [0.717, 1.165) is 57.3 Å². The van der Waals surface area contributed by atoms with Crippen molar-refractivity contribution in [3.8, 4) is 0 Å². The van der Waals surface area contributed by atoms with E-state index in [1.54, 1.807) is 0 Å². The molecule has 2 heterocycles. The van der Waals surface area contributed by atoms with E-state index in [1.807, 2.05) is 25.1 Å². The molecule has 2 aliphatic rings. The topological polar surface area (TPSA) is 61.4 Å². The highest BCUT2D eigenvalue weighted by Crippen LogP contribution is 2.35. The van der Waals surface area contributed by atoms with Crippen molar-refractivity contribution < 1.29 is 4.79 Å². The number of likely N-dealkylation sites (N-methyl/N-ethyl adjacent to an activating group) is 1. The van der Waals surface area contributed by atoms with Gasteiger partial charge in [-0.15, -0.1) is 0 Å². The van der Waals surface area contributed by atoms with Crippen molar-refractivity contribution in [2.24, 2.45) is 0 Å². The summed E-state index contributed by atoms with van der Waals surface area (Å²) in [4.78, 5) is 27.3. The minimum absolute atomic E-state index is 0.147. The van der Waals surface area contributed by atoms with Gasteiger partial charge in [0.05, 0.1) is 11.3 Å². The number of rotatable bonds is 5. The average molecular weight is 380 g/mol. The second-order valence-corrected chi connectivity index (χ2v) is 7.58. The largest absolute Gasteiger partial charge is 0.370 e. The zero-order valence-corrected chi connectivity index (χ0v) is 16.8. The smallest absolute Gasteiger partial charge is 0.227 e. The molecule has 1 unspecified atom stereocenters. The van der Waals surface area contributed by atoms with Gasteiger partial charge in [0.2, 0.25) is 5.95 Å². The summed E-state index contributed by atoms with van der Waals surface area (Å²) < 4.78 is 0. The molecule has 1 aliphatic heterocycles. The third-order valence-electron chi connectivity index (χ3n) is 5.84. The molecule has 0 spiro atoms. The van der Waals surface area contributed by atoms with Gasteiger partial charge < -0.3 is 15.1 Å². The molecule has 1 atom stereocenters. The highest BCUT2D eigenvalue weighted by Gasteiger charge is 2.32. The number of piperazine rings is 1. The van der Waals surface area contributed by atoms with E-state index in [0.29, 0.717) is 17.8 Å². The van der Waals surface area contributed by atoms with E-state index in [9.17, 15) is 4.79 Å². The van der Waals surface area contributed by atoms with Crippen LogP contribution in [-0.4, -0.2) is 59.9 Å². The molecule has 1 saturated heterocycles. The molecule has 2 aromatic rings. The monoisotopic (exact) mass is 379 g/mol. The fourth-order valence-corrected chi connectivity index (χ4v) is 4.23. The lowest BCUT2D eigenvalue weighted by atomic mass is 9.82. The summed E-state index contributed by atoms with van der Waals surface area (Å²) in [5.41, 5.74) is 2.80. The Balaban J connectivity index is 1.66. The lowest BCUT2D eigenvalue weighted by Gasteiger charge is -2.35. The third kappa shape index (κ3) is 3.74. The van der Waals surface area contributed by atoms with Crippen molar-refractivity contribution in [1.29, 1.82) is 0 Å². The number of ketones is 1. The first-order valence-electron chi connectivity index (χ1n) is 10.4. The third-order valence-corrected chi connectivity index (χ3v) is 5.84. The molecule has 1 aliphatic carbocycles. The normalized spacial score (nSPS) is 20.1. The first-order chi connectivity index (χ1) is 13.7. The minimum Gasteiger partial charge on any atom is -0.370 e. The summed E-state index contributed by atoms with van der Waals surface area (Å²) in [6, 6.07) is 10.3. The minimum atomic E-state index is 0.147. The summed E-state index contributed by atoms with van der Waals surface area (Å²) >= 11 is 0. The van der Waals surface area contributed by atoms with E-state index in [2.05, 4.69) is 34.2 Å². The van der Waals surface area contributed by atoms with Gasteiger partial charge in [0.1, 0.15) is 5.82 Å². The maximum absolute atomic E-state index is 13.0. The SMILES string of the molecule is CCNc1nc(N2CCN(CC)CC2)nc2c1C(=O)CC(c1ccccc1)C2. The lowest BCUT2D eigenvalue weighted by molar-refractivity contribution is 0.0963. The van der Waals surface area contributed by atoms with Crippen LogP contribution in [0, 0.1) is 0 Å². The van der Waals surface area contributed by atoms with Crippen LogP contribution in [0.4, 0.5) is 11.8 Å².